The molecule has 0 spiro atoms. The van der Waals surface area contributed by atoms with Gasteiger partial charge in [0.2, 0.25) is 11.8 Å². The van der Waals surface area contributed by atoms with Crippen LogP contribution in [0.25, 0.3) is 0 Å². The van der Waals surface area contributed by atoms with Crippen LogP contribution in [0.4, 0.5) is 5.69 Å². The molecule has 0 saturated carbocycles. The molecule has 0 bridgehead atoms. The zero-order valence-electron chi connectivity index (χ0n) is 16.4. The highest BCUT2D eigenvalue weighted by atomic mass is 35.5. The summed E-state index contributed by atoms with van der Waals surface area (Å²) in [5, 5.41) is 3.37. The van der Waals surface area contributed by atoms with Crippen LogP contribution in [0.2, 0.25) is 5.02 Å². The topological polar surface area (TPSA) is 69.7 Å². The lowest BCUT2D eigenvalue weighted by Crippen LogP contribution is -2.50. The SMILES string of the molecule is CC(=O)Nc1cccc(C(=O)N2CCN(C(=O)CCc3ccc(Cl)cc3)CC2)c1. The van der Waals surface area contributed by atoms with Gasteiger partial charge in [0.1, 0.15) is 0 Å². The number of aryl methyl sites for hydroxylation is 1. The van der Waals surface area contributed by atoms with Crippen molar-refractivity contribution in [2.75, 3.05) is 31.5 Å². The summed E-state index contributed by atoms with van der Waals surface area (Å²) in [4.78, 5) is 40.0. The zero-order valence-corrected chi connectivity index (χ0v) is 17.1. The molecule has 1 aliphatic rings. The Morgan fingerprint density at radius 3 is 2.28 bits per heavy atom. The van der Waals surface area contributed by atoms with Crippen LogP contribution in [-0.2, 0) is 16.0 Å². The van der Waals surface area contributed by atoms with Crippen LogP contribution in [0.15, 0.2) is 48.5 Å². The summed E-state index contributed by atoms with van der Waals surface area (Å²) in [7, 11) is 0. The van der Waals surface area contributed by atoms with E-state index in [4.69, 9.17) is 11.6 Å². The van der Waals surface area contributed by atoms with Crippen molar-refractivity contribution in [2.24, 2.45) is 0 Å². The number of amides is 3. The Morgan fingerprint density at radius 2 is 1.62 bits per heavy atom. The van der Waals surface area contributed by atoms with Crippen LogP contribution in [0.3, 0.4) is 0 Å². The first-order chi connectivity index (χ1) is 13.9. The fourth-order valence-corrected chi connectivity index (χ4v) is 3.46. The van der Waals surface area contributed by atoms with Gasteiger partial charge in [-0.2, -0.15) is 0 Å². The van der Waals surface area contributed by atoms with E-state index in [1.54, 1.807) is 29.2 Å². The van der Waals surface area contributed by atoms with Crippen LogP contribution < -0.4 is 5.32 Å². The molecule has 152 valence electrons. The highest BCUT2D eigenvalue weighted by Crippen LogP contribution is 2.16. The summed E-state index contributed by atoms with van der Waals surface area (Å²) in [5.41, 5.74) is 2.20. The number of anilines is 1. The number of benzene rings is 2. The summed E-state index contributed by atoms with van der Waals surface area (Å²) >= 11 is 5.88. The minimum absolute atomic E-state index is 0.0922. The molecule has 0 radical (unpaired) electrons. The number of carbonyl (C=O) groups excluding carboxylic acids is 3. The van der Waals surface area contributed by atoms with E-state index in [0.29, 0.717) is 55.3 Å². The maximum Gasteiger partial charge on any atom is 0.254 e. The monoisotopic (exact) mass is 413 g/mol. The van der Waals surface area contributed by atoms with Gasteiger partial charge in [-0.25, -0.2) is 0 Å². The van der Waals surface area contributed by atoms with Gasteiger partial charge in [-0.15, -0.1) is 0 Å². The lowest BCUT2D eigenvalue weighted by Gasteiger charge is -2.35. The third-order valence-electron chi connectivity index (χ3n) is 4.89. The summed E-state index contributed by atoms with van der Waals surface area (Å²) in [6, 6.07) is 14.4. The molecule has 6 nitrogen and oxygen atoms in total. The third kappa shape index (κ3) is 5.81. The normalized spacial score (nSPS) is 13.9. The molecule has 1 fully saturated rings. The number of nitrogens with zero attached hydrogens (tertiary/aromatic N) is 2. The molecule has 2 aromatic rings. The lowest BCUT2D eigenvalue weighted by molar-refractivity contribution is -0.132. The molecule has 1 N–H and O–H groups in total. The van der Waals surface area contributed by atoms with Crippen LogP contribution in [-0.4, -0.2) is 53.7 Å². The van der Waals surface area contributed by atoms with Crippen molar-refractivity contribution >= 4 is 35.0 Å². The van der Waals surface area contributed by atoms with Crippen molar-refractivity contribution in [3.8, 4) is 0 Å². The molecular formula is C22H24ClN3O3. The molecule has 0 atom stereocenters. The molecule has 2 aromatic carbocycles. The smallest absolute Gasteiger partial charge is 0.254 e. The molecule has 0 aromatic heterocycles. The molecule has 29 heavy (non-hydrogen) atoms. The maximum atomic E-state index is 12.8. The second kappa shape index (κ2) is 9.56. The summed E-state index contributed by atoms with van der Waals surface area (Å²) < 4.78 is 0. The van der Waals surface area contributed by atoms with E-state index < -0.39 is 0 Å². The minimum Gasteiger partial charge on any atom is -0.339 e. The van der Waals surface area contributed by atoms with Gasteiger partial charge in [0.25, 0.3) is 5.91 Å². The first-order valence-corrected chi connectivity index (χ1v) is 9.99. The van der Waals surface area contributed by atoms with E-state index in [-0.39, 0.29) is 17.7 Å². The summed E-state index contributed by atoms with van der Waals surface area (Å²) in [6.45, 7) is 3.47. The average Bonchev–Trinajstić information content (AvgIpc) is 2.72. The number of carbonyl (C=O) groups is 3. The lowest BCUT2D eigenvalue weighted by atomic mass is 10.1. The van der Waals surface area contributed by atoms with Crippen molar-refractivity contribution in [1.82, 2.24) is 9.80 Å². The van der Waals surface area contributed by atoms with Crippen molar-refractivity contribution in [1.29, 1.82) is 0 Å². The quantitative estimate of drug-likeness (QED) is 0.818. The predicted octanol–water partition coefficient (Wildman–Crippen LogP) is 3.22. The van der Waals surface area contributed by atoms with Crippen molar-refractivity contribution in [3.05, 3.63) is 64.7 Å². The summed E-state index contributed by atoms with van der Waals surface area (Å²) in [6.07, 6.45) is 1.11. The van der Waals surface area contributed by atoms with Crippen LogP contribution in [0.5, 0.6) is 0 Å². The van der Waals surface area contributed by atoms with Gasteiger partial charge >= 0.3 is 0 Å². The third-order valence-corrected chi connectivity index (χ3v) is 5.14. The van der Waals surface area contributed by atoms with E-state index in [1.807, 2.05) is 29.2 Å². The van der Waals surface area contributed by atoms with E-state index in [0.717, 1.165) is 5.56 Å². The molecule has 1 heterocycles. The average molecular weight is 414 g/mol. The molecule has 3 amide bonds. The Labute approximate surface area is 175 Å². The van der Waals surface area contributed by atoms with Gasteiger partial charge < -0.3 is 15.1 Å². The zero-order chi connectivity index (χ0) is 20.8. The first kappa shape index (κ1) is 20.9. The van der Waals surface area contributed by atoms with E-state index in [9.17, 15) is 14.4 Å². The molecule has 0 unspecified atom stereocenters. The molecular weight excluding hydrogens is 390 g/mol. The molecule has 1 aliphatic heterocycles. The number of piperazine rings is 1. The maximum absolute atomic E-state index is 12.8. The molecule has 3 rings (SSSR count). The molecule has 7 heteroatoms. The van der Waals surface area contributed by atoms with Crippen LogP contribution in [0.1, 0.15) is 29.3 Å². The second-order valence-corrected chi connectivity index (χ2v) is 7.50. The molecule has 1 saturated heterocycles. The van der Waals surface area contributed by atoms with Gasteiger partial charge in [0.15, 0.2) is 0 Å². The number of halogens is 1. The minimum atomic E-state index is -0.180. The Hall–Kier alpha value is -2.86. The first-order valence-electron chi connectivity index (χ1n) is 9.61. The Balaban J connectivity index is 1.50. The van der Waals surface area contributed by atoms with Gasteiger partial charge in [-0.1, -0.05) is 29.8 Å². The Bertz CT molecular complexity index is 890. The van der Waals surface area contributed by atoms with Crippen molar-refractivity contribution < 1.29 is 14.4 Å². The predicted molar refractivity (Wildman–Crippen MR) is 113 cm³/mol. The standard InChI is InChI=1S/C22H24ClN3O3/c1-16(27)24-20-4-2-3-18(15-20)22(29)26-13-11-25(12-14-26)21(28)10-7-17-5-8-19(23)9-6-17/h2-6,8-9,15H,7,10-14H2,1H3,(H,24,27). The highest BCUT2D eigenvalue weighted by Gasteiger charge is 2.24. The van der Waals surface area contributed by atoms with Crippen LogP contribution >= 0.6 is 11.6 Å². The van der Waals surface area contributed by atoms with E-state index in [1.165, 1.54) is 6.92 Å². The van der Waals surface area contributed by atoms with Gasteiger partial charge in [-0.05, 0) is 42.3 Å². The number of hydrogen-bond acceptors (Lipinski definition) is 3. The van der Waals surface area contributed by atoms with Crippen LogP contribution in [0, 0.1) is 0 Å². The summed E-state index contributed by atoms with van der Waals surface area (Å²) in [5.74, 6) is -0.175. The van der Waals surface area contributed by atoms with Gasteiger partial charge in [0, 0.05) is 55.8 Å². The Morgan fingerprint density at radius 1 is 0.966 bits per heavy atom. The van der Waals surface area contributed by atoms with Gasteiger partial charge in [0.05, 0.1) is 0 Å². The second-order valence-electron chi connectivity index (χ2n) is 7.06. The fourth-order valence-electron chi connectivity index (χ4n) is 3.34. The van der Waals surface area contributed by atoms with E-state index >= 15 is 0 Å². The molecule has 0 aliphatic carbocycles. The number of nitrogens with one attached hydrogen (secondary N) is 1. The Kier molecular flexibility index (Phi) is 6.88. The fraction of sp³-hybridized carbons (Fsp3) is 0.318. The van der Waals surface area contributed by atoms with Gasteiger partial charge in [-0.3, -0.25) is 14.4 Å². The van der Waals surface area contributed by atoms with Crippen molar-refractivity contribution in [2.45, 2.75) is 19.8 Å². The largest absolute Gasteiger partial charge is 0.339 e. The highest BCUT2D eigenvalue weighted by molar-refractivity contribution is 6.30. The number of hydrogen-bond donors (Lipinski definition) is 1. The van der Waals surface area contributed by atoms with Crippen molar-refractivity contribution in [3.63, 3.8) is 0 Å². The number of rotatable bonds is 5. The van der Waals surface area contributed by atoms with E-state index in [2.05, 4.69) is 5.32 Å².